The Hall–Kier alpha value is -2.26. The van der Waals surface area contributed by atoms with Crippen LogP contribution in [0.2, 0.25) is 5.02 Å². The summed E-state index contributed by atoms with van der Waals surface area (Å²) in [6, 6.07) is 12.1. The van der Waals surface area contributed by atoms with E-state index >= 15 is 0 Å². The lowest BCUT2D eigenvalue weighted by Crippen LogP contribution is -2.18. The number of carboxylic acids is 1. The summed E-state index contributed by atoms with van der Waals surface area (Å²) >= 11 is 6.51. The van der Waals surface area contributed by atoms with Crippen molar-refractivity contribution >= 4 is 28.7 Å². The van der Waals surface area contributed by atoms with E-state index in [2.05, 4.69) is 18.2 Å². The predicted octanol–water partition coefficient (Wildman–Crippen LogP) is 5.05. The maximum Gasteiger partial charge on any atom is 0.306 e. The molecule has 0 aliphatic heterocycles. The van der Waals surface area contributed by atoms with Gasteiger partial charge < -0.3 is 9.84 Å². The van der Waals surface area contributed by atoms with E-state index in [0.717, 1.165) is 40.3 Å². The highest BCUT2D eigenvalue weighted by Gasteiger charge is 2.31. The zero-order valence-corrected chi connectivity index (χ0v) is 14.8. The molecule has 1 N–H and O–H groups in total. The van der Waals surface area contributed by atoms with Gasteiger partial charge in [-0.1, -0.05) is 29.8 Å². The summed E-state index contributed by atoms with van der Waals surface area (Å²) in [6.45, 7) is 0. The molecule has 2 aliphatic carbocycles. The van der Waals surface area contributed by atoms with Gasteiger partial charge >= 0.3 is 5.97 Å². The molecule has 0 heterocycles. The summed E-state index contributed by atoms with van der Waals surface area (Å²) in [5.74, 6) is -0.213. The normalized spacial score (nSPS) is 18.7. The topological polar surface area (TPSA) is 46.5 Å². The average Bonchev–Trinajstić information content (AvgIpc) is 2.76. The summed E-state index contributed by atoms with van der Waals surface area (Å²) < 4.78 is 5.40. The number of ether oxygens (including phenoxy) is 1. The zero-order valence-electron chi connectivity index (χ0n) is 14.0. The maximum atomic E-state index is 11.6. The first-order valence-electron chi connectivity index (χ1n) is 8.48. The monoisotopic (exact) mass is 354 g/mol. The van der Waals surface area contributed by atoms with E-state index in [1.54, 1.807) is 7.11 Å². The smallest absolute Gasteiger partial charge is 0.306 e. The van der Waals surface area contributed by atoms with Crippen LogP contribution in [0.1, 0.15) is 41.5 Å². The molecule has 0 amide bonds. The molecule has 0 spiro atoms. The molecule has 0 radical (unpaired) electrons. The van der Waals surface area contributed by atoms with Crippen molar-refractivity contribution in [2.75, 3.05) is 7.11 Å². The number of benzene rings is 2. The van der Waals surface area contributed by atoms with Gasteiger partial charge in [-0.2, -0.15) is 0 Å². The van der Waals surface area contributed by atoms with E-state index < -0.39 is 5.97 Å². The van der Waals surface area contributed by atoms with Crippen molar-refractivity contribution in [1.29, 1.82) is 0 Å². The lowest BCUT2D eigenvalue weighted by molar-refractivity contribution is -0.141. The molecular weight excluding hydrogens is 336 g/mol. The molecule has 4 heteroatoms. The molecule has 4 rings (SSSR count). The number of allylic oxidation sites excluding steroid dienone is 2. The van der Waals surface area contributed by atoms with Crippen molar-refractivity contribution < 1.29 is 14.6 Å². The maximum absolute atomic E-state index is 11.6. The number of hydrogen-bond acceptors (Lipinski definition) is 2. The second-order valence-corrected chi connectivity index (χ2v) is 7.11. The first-order valence-corrected chi connectivity index (χ1v) is 8.86. The van der Waals surface area contributed by atoms with E-state index in [0.29, 0.717) is 12.8 Å². The summed E-state index contributed by atoms with van der Waals surface area (Å²) in [6.07, 6.45) is 2.74. The average molecular weight is 355 g/mol. The van der Waals surface area contributed by atoms with Crippen LogP contribution < -0.4 is 4.74 Å². The third-order valence-electron chi connectivity index (χ3n) is 5.36. The number of rotatable bonds is 2. The van der Waals surface area contributed by atoms with Crippen molar-refractivity contribution in [3.63, 3.8) is 0 Å². The SMILES string of the molecule is COc1ccc2c(c1)Cc1c(Cl)cccc1C1=C2CCC(C(=O)O)C1. The van der Waals surface area contributed by atoms with Gasteiger partial charge in [0.25, 0.3) is 0 Å². The Bertz CT molecular complexity index is 898. The van der Waals surface area contributed by atoms with Crippen molar-refractivity contribution in [2.24, 2.45) is 5.92 Å². The fourth-order valence-electron chi connectivity index (χ4n) is 4.07. The van der Waals surface area contributed by atoms with E-state index in [-0.39, 0.29) is 5.92 Å². The predicted molar refractivity (Wildman–Crippen MR) is 99.0 cm³/mol. The Labute approximate surface area is 151 Å². The molecule has 0 aromatic heterocycles. The number of hydrogen-bond donors (Lipinski definition) is 1. The number of halogens is 1. The molecule has 1 atom stereocenters. The van der Waals surface area contributed by atoms with Crippen LogP contribution in [-0.4, -0.2) is 18.2 Å². The number of carbonyl (C=O) groups is 1. The van der Waals surface area contributed by atoms with Crippen LogP contribution in [0.3, 0.4) is 0 Å². The first kappa shape index (κ1) is 16.2. The van der Waals surface area contributed by atoms with Crippen LogP contribution in [-0.2, 0) is 11.2 Å². The van der Waals surface area contributed by atoms with E-state index in [4.69, 9.17) is 16.3 Å². The van der Waals surface area contributed by atoms with E-state index in [9.17, 15) is 9.90 Å². The van der Waals surface area contributed by atoms with E-state index in [1.807, 2.05) is 18.2 Å². The van der Waals surface area contributed by atoms with Crippen LogP contribution in [0.15, 0.2) is 36.4 Å². The minimum atomic E-state index is -0.714. The molecule has 2 aromatic rings. The third-order valence-corrected chi connectivity index (χ3v) is 5.71. The summed E-state index contributed by atoms with van der Waals surface area (Å²) in [4.78, 5) is 11.6. The van der Waals surface area contributed by atoms with Gasteiger partial charge in [0, 0.05) is 11.4 Å². The summed E-state index contributed by atoms with van der Waals surface area (Å²) in [5, 5.41) is 10.2. The van der Waals surface area contributed by atoms with Gasteiger partial charge in [0.15, 0.2) is 0 Å². The van der Waals surface area contributed by atoms with Crippen molar-refractivity contribution in [3.05, 3.63) is 63.7 Å². The molecular formula is C21H19ClO3. The quantitative estimate of drug-likeness (QED) is 0.821. The van der Waals surface area contributed by atoms with E-state index in [1.165, 1.54) is 16.7 Å². The first-order chi connectivity index (χ1) is 12.1. The molecule has 25 heavy (non-hydrogen) atoms. The van der Waals surface area contributed by atoms with Gasteiger partial charge in [0.2, 0.25) is 0 Å². The minimum absolute atomic E-state index is 0.328. The van der Waals surface area contributed by atoms with Gasteiger partial charge in [-0.25, -0.2) is 0 Å². The van der Waals surface area contributed by atoms with Crippen molar-refractivity contribution in [3.8, 4) is 5.75 Å². The second kappa shape index (κ2) is 6.23. The molecule has 0 saturated carbocycles. The molecule has 0 saturated heterocycles. The highest BCUT2D eigenvalue weighted by Crippen LogP contribution is 2.46. The highest BCUT2D eigenvalue weighted by atomic mass is 35.5. The molecule has 3 nitrogen and oxygen atoms in total. The number of carboxylic acid groups (broad SMARTS) is 1. The standard InChI is InChI=1S/C21H19ClO3/c1-25-14-6-8-15-13(9-14)11-19-16(3-2-4-20(19)22)18-10-12(21(23)24)5-7-17(15)18/h2-4,6,8-9,12H,5,7,10-11H2,1H3,(H,23,24). The fraction of sp³-hybridized carbons (Fsp3) is 0.286. The Morgan fingerprint density at radius 1 is 1.20 bits per heavy atom. The van der Waals surface area contributed by atoms with Crippen LogP contribution in [0.4, 0.5) is 0 Å². The fourth-order valence-corrected chi connectivity index (χ4v) is 4.31. The van der Waals surface area contributed by atoms with Gasteiger partial charge in [-0.05, 0) is 70.9 Å². The minimum Gasteiger partial charge on any atom is -0.497 e. The lowest BCUT2D eigenvalue weighted by atomic mass is 9.78. The molecule has 2 aliphatic rings. The lowest BCUT2D eigenvalue weighted by Gasteiger charge is -2.26. The van der Waals surface area contributed by atoms with Gasteiger partial charge in [-0.3, -0.25) is 4.79 Å². The Kier molecular flexibility index (Phi) is 4.04. The van der Waals surface area contributed by atoms with Gasteiger partial charge in [-0.15, -0.1) is 0 Å². The molecule has 1 unspecified atom stereocenters. The molecule has 0 bridgehead atoms. The zero-order chi connectivity index (χ0) is 17.6. The van der Waals surface area contributed by atoms with Crippen molar-refractivity contribution in [2.45, 2.75) is 25.7 Å². The van der Waals surface area contributed by atoms with Gasteiger partial charge in [0.05, 0.1) is 13.0 Å². The highest BCUT2D eigenvalue weighted by molar-refractivity contribution is 6.31. The van der Waals surface area contributed by atoms with Crippen LogP contribution in [0.25, 0.3) is 11.1 Å². The Balaban J connectivity index is 1.96. The summed E-state index contributed by atoms with van der Waals surface area (Å²) in [5.41, 5.74) is 6.97. The Morgan fingerprint density at radius 2 is 2.04 bits per heavy atom. The largest absolute Gasteiger partial charge is 0.497 e. The van der Waals surface area contributed by atoms with Crippen LogP contribution >= 0.6 is 11.6 Å². The van der Waals surface area contributed by atoms with Crippen molar-refractivity contribution in [1.82, 2.24) is 0 Å². The number of methoxy groups -OCH3 is 1. The molecule has 128 valence electrons. The second-order valence-electron chi connectivity index (χ2n) is 6.70. The third kappa shape index (κ3) is 2.73. The number of aliphatic carboxylic acids is 1. The number of fused-ring (bicyclic) bond motifs is 4. The molecule has 0 fully saturated rings. The van der Waals surface area contributed by atoms with Crippen LogP contribution in [0.5, 0.6) is 5.75 Å². The van der Waals surface area contributed by atoms with Crippen LogP contribution in [0, 0.1) is 5.92 Å². The van der Waals surface area contributed by atoms with Gasteiger partial charge in [0.1, 0.15) is 5.75 Å². The summed E-state index contributed by atoms with van der Waals surface area (Å²) in [7, 11) is 1.67. The Morgan fingerprint density at radius 3 is 2.80 bits per heavy atom. The molecule has 2 aromatic carbocycles.